The summed E-state index contributed by atoms with van der Waals surface area (Å²) in [4.78, 5) is 16.3. The van der Waals surface area contributed by atoms with Gasteiger partial charge in [-0.05, 0) is 49.0 Å². The maximum atomic E-state index is 13.3. The Morgan fingerprint density at radius 1 is 1.06 bits per heavy atom. The highest BCUT2D eigenvalue weighted by molar-refractivity contribution is 7.22. The number of thiophene rings is 1. The minimum Gasteiger partial charge on any atom is -0.493 e. The number of hydrogen-bond acceptors (Lipinski definition) is 6. The summed E-state index contributed by atoms with van der Waals surface area (Å²) in [5.41, 5.74) is 1.60. The van der Waals surface area contributed by atoms with Crippen LogP contribution >= 0.6 is 22.9 Å². The van der Waals surface area contributed by atoms with Crippen molar-refractivity contribution in [3.63, 3.8) is 0 Å². The lowest BCUT2D eigenvalue weighted by Crippen LogP contribution is -2.30. The van der Waals surface area contributed by atoms with Crippen molar-refractivity contribution in [1.29, 1.82) is 0 Å². The second-order valence-corrected chi connectivity index (χ2v) is 9.66. The van der Waals surface area contributed by atoms with Crippen molar-refractivity contribution >= 4 is 33.0 Å². The lowest BCUT2D eigenvalue weighted by atomic mass is 10.2. The number of likely N-dealkylation sites (N-methyl/N-ethyl adjacent to an activating group) is 1. The topological polar surface area (TPSA) is 63.9 Å². The normalized spacial score (nSPS) is 18.7. The first kappa shape index (κ1) is 22.0. The lowest BCUT2D eigenvalue weighted by molar-refractivity contribution is 0.0717. The summed E-state index contributed by atoms with van der Waals surface area (Å²) < 4.78 is 13.8. The van der Waals surface area contributed by atoms with Gasteiger partial charge >= 0.3 is 0 Å². The van der Waals surface area contributed by atoms with Gasteiger partial charge in [-0.25, -0.2) is 0 Å². The third kappa shape index (κ3) is 4.25. The minimum atomic E-state index is -0.557. The van der Waals surface area contributed by atoms with E-state index in [1.54, 1.807) is 30.0 Å². The Morgan fingerprint density at radius 2 is 1.85 bits per heavy atom. The smallest absolute Gasteiger partial charge is 0.273 e. The van der Waals surface area contributed by atoms with Gasteiger partial charge in [0.25, 0.3) is 5.56 Å². The fraction of sp³-hybridized carbons (Fsp3) is 0.240. The average molecular weight is 483 g/mol. The molecule has 2 aromatic carbocycles. The summed E-state index contributed by atoms with van der Waals surface area (Å²) in [6.45, 7) is 1.20. The highest BCUT2D eigenvalue weighted by atomic mass is 35.5. The molecule has 170 valence electrons. The van der Waals surface area contributed by atoms with Gasteiger partial charge in [-0.3, -0.25) is 14.3 Å². The number of halogens is 1. The summed E-state index contributed by atoms with van der Waals surface area (Å²) in [5.74, 6) is 1.05. The van der Waals surface area contributed by atoms with Crippen molar-refractivity contribution in [3.05, 3.63) is 76.2 Å². The number of aromatic nitrogens is 1. The number of nitrogens with zero attached hydrogens (tertiary/aromatic N) is 2. The Hall–Kier alpha value is -2.84. The van der Waals surface area contributed by atoms with Crippen LogP contribution in [0.3, 0.4) is 0 Å². The zero-order valence-corrected chi connectivity index (χ0v) is 19.8. The third-order valence-corrected chi connectivity index (χ3v) is 7.27. The fourth-order valence-corrected chi connectivity index (χ4v) is 5.33. The SMILES string of the molecule is COc1cc(-n2ccc3cc(-c4ccc(Cl)cc4)sc3c2=O)ccc1O[C@H]1CN(C)C[C@@H]1O. The number of ether oxygens (including phenoxy) is 2. The second kappa shape index (κ2) is 8.83. The molecule has 5 rings (SSSR count). The van der Waals surface area contributed by atoms with E-state index >= 15 is 0 Å². The molecule has 3 heterocycles. The highest BCUT2D eigenvalue weighted by Crippen LogP contribution is 2.34. The molecule has 6 nitrogen and oxygen atoms in total. The first-order chi connectivity index (χ1) is 15.9. The van der Waals surface area contributed by atoms with E-state index in [0.29, 0.717) is 40.0 Å². The van der Waals surface area contributed by atoms with Gasteiger partial charge in [-0.1, -0.05) is 23.7 Å². The van der Waals surface area contributed by atoms with Crippen molar-refractivity contribution < 1.29 is 14.6 Å². The molecule has 1 fully saturated rings. The average Bonchev–Trinajstić information content (AvgIpc) is 3.38. The molecule has 0 saturated carbocycles. The van der Waals surface area contributed by atoms with Crippen molar-refractivity contribution in [3.8, 4) is 27.6 Å². The summed E-state index contributed by atoms with van der Waals surface area (Å²) >= 11 is 7.47. The molecule has 0 bridgehead atoms. The molecule has 33 heavy (non-hydrogen) atoms. The first-order valence-electron chi connectivity index (χ1n) is 10.6. The summed E-state index contributed by atoms with van der Waals surface area (Å²) in [6.07, 6.45) is 0.887. The van der Waals surface area contributed by atoms with E-state index < -0.39 is 6.10 Å². The van der Waals surface area contributed by atoms with E-state index in [0.717, 1.165) is 15.8 Å². The maximum Gasteiger partial charge on any atom is 0.273 e. The Balaban J connectivity index is 1.49. The van der Waals surface area contributed by atoms with E-state index in [2.05, 4.69) is 0 Å². The molecule has 0 aliphatic carbocycles. The van der Waals surface area contributed by atoms with Crippen LogP contribution in [0.5, 0.6) is 11.5 Å². The van der Waals surface area contributed by atoms with Gasteiger partial charge in [0.15, 0.2) is 11.5 Å². The monoisotopic (exact) mass is 482 g/mol. The molecule has 1 N–H and O–H groups in total. The van der Waals surface area contributed by atoms with E-state index in [-0.39, 0.29) is 11.7 Å². The van der Waals surface area contributed by atoms with Crippen LogP contribution in [-0.4, -0.2) is 54.0 Å². The Labute approximate surface area is 200 Å². The molecule has 2 aromatic heterocycles. The van der Waals surface area contributed by atoms with Gasteiger partial charge in [-0.2, -0.15) is 0 Å². The largest absolute Gasteiger partial charge is 0.493 e. The number of aliphatic hydroxyl groups excluding tert-OH is 1. The number of aliphatic hydroxyl groups is 1. The van der Waals surface area contributed by atoms with Crippen LogP contribution in [0.4, 0.5) is 0 Å². The fourth-order valence-electron chi connectivity index (χ4n) is 4.11. The van der Waals surface area contributed by atoms with Gasteiger partial charge in [0, 0.05) is 40.6 Å². The summed E-state index contributed by atoms with van der Waals surface area (Å²) in [5, 5.41) is 11.8. The first-order valence-corrected chi connectivity index (χ1v) is 11.7. The third-order valence-electron chi connectivity index (χ3n) is 5.83. The minimum absolute atomic E-state index is 0.0960. The van der Waals surface area contributed by atoms with E-state index in [4.69, 9.17) is 21.1 Å². The molecule has 0 unspecified atom stereocenters. The molecular formula is C25H23ClN2O4S. The quantitative estimate of drug-likeness (QED) is 0.456. The number of fused-ring (bicyclic) bond motifs is 1. The molecule has 0 spiro atoms. The highest BCUT2D eigenvalue weighted by Gasteiger charge is 2.31. The van der Waals surface area contributed by atoms with Crippen molar-refractivity contribution in [2.75, 3.05) is 27.2 Å². The van der Waals surface area contributed by atoms with Gasteiger partial charge in [-0.15, -0.1) is 11.3 Å². The molecule has 0 radical (unpaired) electrons. The lowest BCUT2D eigenvalue weighted by Gasteiger charge is -2.19. The predicted molar refractivity (Wildman–Crippen MR) is 132 cm³/mol. The second-order valence-electron chi connectivity index (χ2n) is 8.17. The van der Waals surface area contributed by atoms with Gasteiger partial charge in [0.1, 0.15) is 16.9 Å². The number of methoxy groups -OCH3 is 1. The number of benzene rings is 2. The van der Waals surface area contributed by atoms with Crippen LogP contribution < -0.4 is 15.0 Å². The molecule has 2 atom stereocenters. The van der Waals surface area contributed by atoms with Crippen molar-refractivity contribution in [1.82, 2.24) is 9.47 Å². The van der Waals surface area contributed by atoms with Gasteiger partial charge in [0.2, 0.25) is 0 Å². The maximum absolute atomic E-state index is 13.3. The summed E-state index contributed by atoms with van der Waals surface area (Å²) in [6, 6.07) is 16.9. The number of β-amino-alcohol motifs (C(OH)–C–C–N with tert-alkyl or cyclic N) is 1. The van der Waals surface area contributed by atoms with Crippen molar-refractivity contribution in [2.45, 2.75) is 12.2 Å². The predicted octanol–water partition coefficient (Wildman–Crippen LogP) is 4.43. The Bertz CT molecular complexity index is 1370. The zero-order valence-electron chi connectivity index (χ0n) is 18.2. The zero-order chi connectivity index (χ0) is 23.1. The van der Waals surface area contributed by atoms with Crippen LogP contribution in [0.2, 0.25) is 5.02 Å². The molecular weight excluding hydrogens is 460 g/mol. The Kier molecular flexibility index (Phi) is 5.88. The van der Waals surface area contributed by atoms with Crippen LogP contribution in [0.25, 0.3) is 26.2 Å². The number of pyridine rings is 1. The van der Waals surface area contributed by atoms with Gasteiger partial charge < -0.3 is 14.6 Å². The summed E-state index contributed by atoms with van der Waals surface area (Å²) in [7, 11) is 3.51. The van der Waals surface area contributed by atoms with Crippen LogP contribution in [0.1, 0.15) is 0 Å². The van der Waals surface area contributed by atoms with E-state index in [1.165, 1.54) is 11.3 Å². The van der Waals surface area contributed by atoms with Crippen molar-refractivity contribution in [2.24, 2.45) is 0 Å². The molecule has 1 saturated heterocycles. The molecule has 0 amide bonds. The van der Waals surface area contributed by atoms with E-state index in [9.17, 15) is 9.90 Å². The number of likely N-dealkylation sites (tertiary alicyclic amines) is 1. The molecule has 8 heteroatoms. The number of rotatable bonds is 5. The van der Waals surface area contributed by atoms with E-state index in [1.807, 2.05) is 54.4 Å². The van der Waals surface area contributed by atoms with Crippen LogP contribution in [-0.2, 0) is 0 Å². The molecule has 4 aromatic rings. The van der Waals surface area contributed by atoms with Crippen LogP contribution in [0, 0.1) is 0 Å². The van der Waals surface area contributed by atoms with Gasteiger partial charge in [0.05, 0.1) is 12.8 Å². The number of hydrogen-bond donors (Lipinski definition) is 1. The molecule has 1 aliphatic rings. The standard InChI is InChI=1S/C25H23ClN2O4S/c1-27-13-19(29)22(14-27)32-20-8-7-18(12-21(20)31-2)28-10-9-16-11-23(33-24(16)25(28)30)15-3-5-17(26)6-4-15/h3-12,19,22,29H,13-14H2,1-2H3/t19-,22-/m0/s1. The Morgan fingerprint density at radius 3 is 2.55 bits per heavy atom. The van der Waals surface area contributed by atoms with Crippen LogP contribution in [0.15, 0.2) is 65.6 Å². The molecule has 1 aliphatic heterocycles.